The number of nitriles is 1. The maximum absolute atomic E-state index is 12.1. The standard InChI is InChI=1S/C23H21N3O2S/c1-14-11-17(13-25-18-9-7-16(12-24)8-10-18)15(2)26(14)22-21(23(27)28)19-5-3-4-6-20(19)29-22/h7-11,13H,3-6H2,1-2H3,(H,27,28). The second-order valence-corrected chi connectivity index (χ2v) is 8.36. The van der Waals surface area contributed by atoms with E-state index in [1.54, 1.807) is 29.7 Å². The first-order valence-electron chi connectivity index (χ1n) is 9.61. The molecule has 5 nitrogen and oxygen atoms in total. The van der Waals surface area contributed by atoms with Crippen molar-refractivity contribution in [2.75, 3.05) is 0 Å². The zero-order valence-corrected chi connectivity index (χ0v) is 17.2. The van der Waals surface area contributed by atoms with Gasteiger partial charge in [-0.1, -0.05) is 0 Å². The number of carboxylic acids is 1. The molecule has 1 aliphatic carbocycles. The summed E-state index contributed by atoms with van der Waals surface area (Å²) in [6.07, 6.45) is 5.79. The van der Waals surface area contributed by atoms with Gasteiger partial charge in [0.15, 0.2) is 0 Å². The molecule has 1 N–H and O–H groups in total. The Morgan fingerprint density at radius 1 is 1.24 bits per heavy atom. The van der Waals surface area contributed by atoms with Gasteiger partial charge in [-0.25, -0.2) is 4.79 Å². The highest BCUT2D eigenvalue weighted by Gasteiger charge is 2.27. The number of thiophene rings is 1. The molecule has 0 amide bonds. The number of rotatable bonds is 4. The Morgan fingerprint density at radius 3 is 2.66 bits per heavy atom. The lowest BCUT2D eigenvalue weighted by molar-refractivity contribution is 0.0696. The van der Waals surface area contributed by atoms with Crippen molar-refractivity contribution in [2.45, 2.75) is 39.5 Å². The number of carboxylic acid groups (broad SMARTS) is 1. The molecule has 0 spiro atoms. The summed E-state index contributed by atoms with van der Waals surface area (Å²) in [5, 5.41) is 19.6. The number of aromatic nitrogens is 1. The highest BCUT2D eigenvalue weighted by molar-refractivity contribution is 7.15. The predicted octanol–water partition coefficient (Wildman–Crippen LogP) is 5.35. The first-order valence-corrected chi connectivity index (χ1v) is 10.4. The summed E-state index contributed by atoms with van der Waals surface area (Å²) in [5.41, 5.74) is 5.77. The Kier molecular flexibility index (Phi) is 5.08. The largest absolute Gasteiger partial charge is 0.478 e. The van der Waals surface area contributed by atoms with Crippen molar-refractivity contribution < 1.29 is 9.90 Å². The first kappa shape index (κ1) is 19.2. The van der Waals surface area contributed by atoms with Crippen LogP contribution in [0.2, 0.25) is 0 Å². The summed E-state index contributed by atoms with van der Waals surface area (Å²) in [6, 6.07) is 11.2. The van der Waals surface area contributed by atoms with Gasteiger partial charge >= 0.3 is 5.97 Å². The van der Waals surface area contributed by atoms with Gasteiger partial charge in [-0.05, 0) is 75.4 Å². The van der Waals surface area contributed by atoms with E-state index in [9.17, 15) is 9.90 Å². The van der Waals surface area contributed by atoms with Gasteiger partial charge < -0.3 is 9.67 Å². The number of benzene rings is 1. The topological polar surface area (TPSA) is 78.4 Å². The zero-order chi connectivity index (χ0) is 20.5. The average Bonchev–Trinajstić information content (AvgIpc) is 3.23. The van der Waals surface area contributed by atoms with Crippen LogP contribution in [0, 0.1) is 25.2 Å². The maximum Gasteiger partial charge on any atom is 0.339 e. The lowest BCUT2D eigenvalue weighted by atomic mass is 9.95. The molecule has 2 aromatic heterocycles. The van der Waals surface area contributed by atoms with Crippen molar-refractivity contribution in [3.05, 3.63) is 68.9 Å². The quantitative estimate of drug-likeness (QED) is 0.596. The summed E-state index contributed by atoms with van der Waals surface area (Å²) >= 11 is 1.61. The van der Waals surface area contributed by atoms with Gasteiger partial charge in [0.05, 0.1) is 22.9 Å². The molecule has 29 heavy (non-hydrogen) atoms. The molecule has 6 heteroatoms. The molecule has 0 saturated heterocycles. The normalized spacial score (nSPS) is 13.4. The third kappa shape index (κ3) is 3.50. The molecule has 0 radical (unpaired) electrons. The van der Waals surface area contributed by atoms with Crippen LogP contribution in [-0.4, -0.2) is 21.9 Å². The van der Waals surface area contributed by atoms with E-state index < -0.39 is 5.97 Å². The Labute approximate surface area is 173 Å². The number of aromatic carboxylic acids is 1. The molecule has 4 rings (SSSR count). The molecule has 0 fully saturated rings. The highest BCUT2D eigenvalue weighted by Crippen LogP contribution is 2.38. The van der Waals surface area contributed by atoms with Gasteiger partial charge in [0.1, 0.15) is 5.00 Å². The maximum atomic E-state index is 12.1. The number of hydrogen-bond acceptors (Lipinski definition) is 4. The van der Waals surface area contributed by atoms with Crippen molar-refractivity contribution in [1.82, 2.24) is 4.57 Å². The van der Waals surface area contributed by atoms with Gasteiger partial charge in [0.25, 0.3) is 0 Å². The minimum absolute atomic E-state index is 0.460. The highest BCUT2D eigenvalue weighted by atomic mass is 32.1. The van der Waals surface area contributed by atoms with E-state index in [4.69, 9.17) is 5.26 Å². The number of hydrogen-bond donors (Lipinski definition) is 1. The van der Waals surface area contributed by atoms with E-state index in [2.05, 4.69) is 11.1 Å². The molecule has 0 unspecified atom stereocenters. The van der Waals surface area contributed by atoms with Crippen molar-refractivity contribution in [3.63, 3.8) is 0 Å². The number of aliphatic imine (C=N–C) groups is 1. The molecule has 2 heterocycles. The molecular weight excluding hydrogens is 382 g/mol. The minimum atomic E-state index is -0.848. The van der Waals surface area contributed by atoms with E-state index in [0.717, 1.165) is 58.9 Å². The van der Waals surface area contributed by atoms with E-state index in [0.29, 0.717) is 11.1 Å². The van der Waals surface area contributed by atoms with Crippen LogP contribution >= 0.6 is 11.3 Å². The number of aryl methyl sites for hydroxylation is 2. The van der Waals surface area contributed by atoms with Crippen LogP contribution in [0.5, 0.6) is 0 Å². The Balaban J connectivity index is 1.75. The van der Waals surface area contributed by atoms with E-state index in [1.165, 1.54) is 4.88 Å². The SMILES string of the molecule is Cc1cc(C=Nc2ccc(C#N)cc2)c(C)n1-c1sc2c(c1C(=O)O)CCCC2. The van der Waals surface area contributed by atoms with E-state index in [1.807, 2.05) is 36.6 Å². The number of nitrogens with zero attached hydrogens (tertiary/aromatic N) is 3. The molecule has 0 aliphatic heterocycles. The van der Waals surface area contributed by atoms with Crippen LogP contribution in [-0.2, 0) is 12.8 Å². The summed E-state index contributed by atoms with van der Waals surface area (Å²) in [6.45, 7) is 3.99. The zero-order valence-electron chi connectivity index (χ0n) is 16.4. The van der Waals surface area contributed by atoms with Crippen molar-refractivity contribution in [2.24, 2.45) is 4.99 Å². The molecule has 0 atom stereocenters. The monoisotopic (exact) mass is 403 g/mol. The average molecular weight is 404 g/mol. The molecule has 1 aliphatic rings. The Hall–Kier alpha value is -3.17. The smallest absolute Gasteiger partial charge is 0.339 e. The van der Waals surface area contributed by atoms with Gasteiger partial charge in [-0.2, -0.15) is 5.26 Å². The molecule has 1 aromatic carbocycles. The van der Waals surface area contributed by atoms with Crippen LogP contribution in [0.3, 0.4) is 0 Å². The van der Waals surface area contributed by atoms with Crippen molar-refractivity contribution in [3.8, 4) is 11.1 Å². The Morgan fingerprint density at radius 2 is 1.97 bits per heavy atom. The molecule has 0 saturated carbocycles. The van der Waals surface area contributed by atoms with Gasteiger partial charge in [0, 0.05) is 28.0 Å². The fraction of sp³-hybridized carbons (Fsp3) is 0.261. The fourth-order valence-corrected chi connectivity index (χ4v) is 5.42. The van der Waals surface area contributed by atoms with Gasteiger partial charge in [-0.15, -0.1) is 11.3 Å². The molecule has 3 aromatic rings. The van der Waals surface area contributed by atoms with Crippen molar-refractivity contribution >= 4 is 29.2 Å². The number of fused-ring (bicyclic) bond motifs is 1. The van der Waals surface area contributed by atoms with Crippen LogP contribution in [0.4, 0.5) is 5.69 Å². The van der Waals surface area contributed by atoms with E-state index in [-0.39, 0.29) is 0 Å². The van der Waals surface area contributed by atoms with Crippen LogP contribution in [0.1, 0.15) is 56.2 Å². The van der Waals surface area contributed by atoms with E-state index >= 15 is 0 Å². The summed E-state index contributed by atoms with van der Waals surface area (Å²) < 4.78 is 2.05. The summed E-state index contributed by atoms with van der Waals surface area (Å²) in [7, 11) is 0. The third-order valence-corrected chi connectivity index (χ3v) is 6.67. The molecule has 0 bridgehead atoms. The fourth-order valence-electron chi connectivity index (χ4n) is 3.93. The second-order valence-electron chi connectivity index (χ2n) is 7.27. The second kappa shape index (κ2) is 7.69. The first-order chi connectivity index (χ1) is 14.0. The molecule has 146 valence electrons. The summed E-state index contributed by atoms with van der Waals surface area (Å²) in [4.78, 5) is 17.8. The number of carbonyl (C=O) groups is 1. The van der Waals surface area contributed by atoms with Crippen LogP contribution < -0.4 is 0 Å². The molecular formula is C23H21N3O2S. The lowest BCUT2D eigenvalue weighted by Crippen LogP contribution is -2.09. The van der Waals surface area contributed by atoms with Crippen LogP contribution in [0.15, 0.2) is 35.3 Å². The van der Waals surface area contributed by atoms with Gasteiger partial charge in [-0.3, -0.25) is 4.99 Å². The minimum Gasteiger partial charge on any atom is -0.478 e. The van der Waals surface area contributed by atoms with Gasteiger partial charge in [0.2, 0.25) is 0 Å². The van der Waals surface area contributed by atoms with Crippen molar-refractivity contribution in [1.29, 1.82) is 5.26 Å². The lowest BCUT2D eigenvalue weighted by Gasteiger charge is -2.11. The van der Waals surface area contributed by atoms with Crippen LogP contribution in [0.25, 0.3) is 5.00 Å². The third-order valence-electron chi connectivity index (χ3n) is 5.39. The summed E-state index contributed by atoms with van der Waals surface area (Å²) in [5.74, 6) is -0.848. The Bertz CT molecular complexity index is 1160. The predicted molar refractivity (Wildman–Crippen MR) is 115 cm³/mol.